The molecule has 3 aromatic rings. The monoisotopic (exact) mass is 389 g/mol. The smallest absolute Gasteiger partial charge is 0.208 e. The van der Waals surface area contributed by atoms with Gasteiger partial charge in [0.05, 0.1) is 17.3 Å². The van der Waals surface area contributed by atoms with Crippen molar-refractivity contribution >= 4 is 37.8 Å². The number of para-hydroxylation sites is 1. The third kappa shape index (κ3) is 4.56. The van der Waals surface area contributed by atoms with Crippen molar-refractivity contribution in [3.8, 4) is 0 Å². The van der Waals surface area contributed by atoms with Crippen molar-refractivity contribution in [1.82, 2.24) is 19.3 Å². The summed E-state index contributed by atoms with van der Waals surface area (Å²) >= 11 is 0. The lowest BCUT2D eigenvalue weighted by molar-refractivity contribution is 0.565. The minimum atomic E-state index is -3.14. The van der Waals surface area contributed by atoms with Crippen LogP contribution in [0.15, 0.2) is 24.3 Å². The number of pyridine rings is 1. The molecule has 8 heteroatoms. The Kier molecular flexibility index (Phi) is 5.96. The number of hydrogen-bond donors (Lipinski definition) is 2. The fraction of sp³-hybridized carbons (Fsp3) is 0.474. The average molecular weight is 390 g/mol. The van der Waals surface area contributed by atoms with Crippen molar-refractivity contribution in [2.45, 2.75) is 45.6 Å². The highest BCUT2D eigenvalue weighted by atomic mass is 32.2. The fourth-order valence-corrected chi connectivity index (χ4v) is 3.84. The van der Waals surface area contributed by atoms with E-state index < -0.39 is 10.0 Å². The molecule has 0 bridgehead atoms. The number of sulfonamides is 1. The van der Waals surface area contributed by atoms with Crippen LogP contribution in [0.25, 0.3) is 21.9 Å². The molecule has 146 valence electrons. The number of nitrogens with one attached hydrogen (secondary N) is 1. The van der Waals surface area contributed by atoms with Gasteiger partial charge in [-0.15, -0.1) is 0 Å². The number of unbranched alkanes of at least 4 members (excludes halogenated alkanes) is 2. The molecular formula is C19H27N5O2S. The first-order valence-corrected chi connectivity index (χ1v) is 11.3. The topological polar surface area (TPSA) is 103 Å². The molecule has 0 aliphatic rings. The van der Waals surface area contributed by atoms with Crippen molar-refractivity contribution in [2.75, 3.05) is 18.5 Å². The van der Waals surface area contributed by atoms with Gasteiger partial charge in [-0.2, -0.15) is 0 Å². The Morgan fingerprint density at radius 1 is 1.15 bits per heavy atom. The molecule has 1 aromatic carbocycles. The molecule has 0 unspecified atom stereocenters. The molecule has 2 aromatic heterocycles. The van der Waals surface area contributed by atoms with Crippen molar-refractivity contribution in [3.05, 3.63) is 30.1 Å². The minimum Gasteiger partial charge on any atom is -0.382 e. The highest BCUT2D eigenvalue weighted by Gasteiger charge is 2.16. The van der Waals surface area contributed by atoms with E-state index >= 15 is 0 Å². The summed E-state index contributed by atoms with van der Waals surface area (Å²) in [7, 11) is -3.14. The van der Waals surface area contributed by atoms with Crippen LogP contribution in [-0.4, -0.2) is 35.8 Å². The number of imidazole rings is 1. The maximum absolute atomic E-state index is 11.2. The summed E-state index contributed by atoms with van der Waals surface area (Å²) < 4.78 is 27.2. The number of nitrogens with two attached hydrogens (primary N) is 1. The zero-order valence-electron chi connectivity index (χ0n) is 15.9. The molecule has 7 nitrogen and oxygen atoms in total. The number of hydrogen-bond acceptors (Lipinski definition) is 5. The van der Waals surface area contributed by atoms with E-state index in [1.165, 1.54) is 6.26 Å². The lowest BCUT2D eigenvalue weighted by Crippen LogP contribution is -2.23. The van der Waals surface area contributed by atoms with Gasteiger partial charge < -0.3 is 10.3 Å². The SMILES string of the molecule is CCCCc1nc2c(N)nc3ccccc3c2n1CCCCNS(C)(=O)=O. The predicted octanol–water partition coefficient (Wildman–Crippen LogP) is 2.84. The lowest BCUT2D eigenvalue weighted by Gasteiger charge is -2.11. The lowest BCUT2D eigenvalue weighted by atomic mass is 10.2. The molecular weight excluding hydrogens is 362 g/mol. The first kappa shape index (κ1) is 19.6. The van der Waals surface area contributed by atoms with Crippen LogP contribution in [0.4, 0.5) is 5.82 Å². The number of aromatic nitrogens is 3. The van der Waals surface area contributed by atoms with Crippen LogP contribution in [0, 0.1) is 0 Å². The summed E-state index contributed by atoms with van der Waals surface area (Å²) in [5, 5.41) is 1.05. The third-order valence-corrected chi connectivity index (χ3v) is 5.34. The van der Waals surface area contributed by atoms with Gasteiger partial charge in [0.15, 0.2) is 5.82 Å². The molecule has 0 amide bonds. The molecule has 2 heterocycles. The second-order valence-electron chi connectivity index (χ2n) is 6.87. The number of fused-ring (bicyclic) bond motifs is 3. The Morgan fingerprint density at radius 2 is 1.93 bits per heavy atom. The molecule has 3 rings (SSSR count). The first-order chi connectivity index (χ1) is 12.9. The Labute approximate surface area is 160 Å². The van der Waals surface area contributed by atoms with Crippen LogP contribution in [0.2, 0.25) is 0 Å². The number of rotatable bonds is 9. The van der Waals surface area contributed by atoms with E-state index in [9.17, 15) is 8.42 Å². The van der Waals surface area contributed by atoms with Crippen LogP contribution >= 0.6 is 0 Å². The number of nitrogens with zero attached hydrogens (tertiary/aromatic N) is 3. The Hall–Kier alpha value is -2.19. The average Bonchev–Trinajstić information content (AvgIpc) is 2.98. The van der Waals surface area contributed by atoms with Gasteiger partial charge in [0.25, 0.3) is 0 Å². The van der Waals surface area contributed by atoms with Gasteiger partial charge in [-0.05, 0) is 25.3 Å². The number of benzene rings is 1. The van der Waals surface area contributed by atoms with Crippen molar-refractivity contribution in [3.63, 3.8) is 0 Å². The number of nitrogen functional groups attached to an aromatic ring is 1. The predicted molar refractivity (Wildman–Crippen MR) is 110 cm³/mol. The largest absolute Gasteiger partial charge is 0.382 e. The van der Waals surface area contributed by atoms with E-state index in [0.29, 0.717) is 12.4 Å². The van der Waals surface area contributed by atoms with Gasteiger partial charge in [-0.3, -0.25) is 0 Å². The Morgan fingerprint density at radius 3 is 2.67 bits per heavy atom. The fourth-order valence-electron chi connectivity index (χ4n) is 3.32. The van der Waals surface area contributed by atoms with Gasteiger partial charge in [0.1, 0.15) is 11.3 Å². The summed E-state index contributed by atoms with van der Waals surface area (Å²) in [6, 6.07) is 7.97. The van der Waals surface area contributed by atoms with E-state index in [2.05, 4.69) is 27.3 Å². The zero-order valence-corrected chi connectivity index (χ0v) is 16.7. The molecule has 0 saturated carbocycles. The van der Waals surface area contributed by atoms with E-state index in [1.807, 2.05) is 18.2 Å². The molecule has 0 spiro atoms. The highest BCUT2D eigenvalue weighted by Crippen LogP contribution is 2.29. The van der Waals surface area contributed by atoms with Crippen LogP contribution in [0.3, 0.4) is 0 Å². The van der Waals surface area contributed by atoms with Gasteiger partial charge >= 0.3 is 0 Å². The second-order valence-corrected chi connectivity index (χ2v) is 8.70. The quantitative estimate of drug-likeness (QED) is 0.548. The van der Waals surface area contributed by atoms with Crippen molar-refractivity contribution in [1.29, 1.82) is 0 Å². The van der Waals surface area contributed by atoms with Crippen LogP contribution in [0.1, 0.15) is 38.4 Å². The van der Waals surface area contributed by atoms with Crippen LogP contribution < -0.4 is 10.5 Å². The molecule has 0 aliphatic heterocycles. The number of aryl methyl sites for hydroxylation is 2. The molecule has 0 saturated heterocycles. The van der Waals surface area contributed by atoms with E-state index in [-0.39, 0.29) is 0 Å². The number of anilines is 1. The summed E-state index contributed by atoms with van der Waals surface area (Å²) in [5.74, 6) is 1.48. The molecule has 0 radical (unpaired) electrons. The summed E-state index contributed by atoms with van der Waals surface area (Å²) in [6.07, 6.45) is 5.84. The van der Waals surface area contributed by atoms with E-state index in [0.717, 1.165) is 66.4 Å². The minimum absolute atomic E-state index is 0.445. The molecule has 0 atom stereocenters. The van der Waals surface area contributed by atoms with E-state index in [4.69, 9.17) is 10.7 Å². The van der Waals surface area contributed by atoms with E-state index in [1.54, 1.807) is 0 Å². The summed E-state index contributed by atoms with van der Waals surface area (Å²) in [5.41, 5.74) is 8.85. The van der Waals surface area contributed by atoms with Gasteiger partial charge in [0, 0.05) is 24.9 Å². The normalized spacial score (nSPS) is 12.2. The highest BCUT2D eigenvalue weighted by molar-refractivity contribution is 7.88. The Bertz CT molecular complexity index is 1040. The Balaban J connectivity index is 1.94. The zero-order chi connectivity index (χ0) is 19.4. The van der Waals surface area contributed by atoms with Crippen molar-refractivity contribution in [2.24, 2.45) is 0 Å². The first-order valence-electron chi connectivity index (χ1n) is 9.38. The van der Waals surface area contributed by atoms with Gasteiger partial charge in [-0.1, -0.05) is 31.5 Å². The second kappa shape index (κ2) is 8.22. The molecule has 0 aliphatic carbocycles. The maximum atomic E-state index is 11.2. The summed E-state index contributed by atoms with van der Waals surface area (Å²) in [4.78, 5) is 9.30. The van der Waals surface area contributed by atoms with Gasteiger partial charge in [0.2, 0.25) is 10.0 Å². The maximum Gasteiger partial charge on any atom is 0.208 e. The van der Waals surface area contributed by atoms with Gasteiger partial charge in [-0.25, -0.2) is 23.1 Å². The summed E-state index contributed by atoms with van der Waals surface area (Å²) in [6.45, 7) is 3.38. The van der Waals surface area contributed by atoms with Crippen LogP contribution in [0.5, 0.6) is 0 Å². The molecule has 0 fully saturated rings. The standard InChI is InChI=1S/C19H27N5O2S/c1-3-4-11-16-23-17-18(14-9-5-6-10-15(14)22-19(17)20)24(16)13-8-7-12-21-27(2,25)26/h5-6,9-10,21H,3-4,7-8,11-13H2,1-2H3,(H2,20,22). The van der Waals surface area contributed by atoms with Crippen molar-refractivity contribution < 1.29 is 8.42 Å². The third-order valence-electron chi connectivity index (χ3n) is 4.62. The molecule has 3 N–H and O–H groups in total. The van der Waals surface area contributed by atoms with Crippen LogP contribution in [-0.2, 0) is 23.0 Å². The molecule has 27 heavy (non-hydrogen) atoms.